The highest BCUT2D eigenvalue weighted by molar-refractivity contribution is 6.07. The number of amides is 2. The third-order valence-corrected chi connectivity index (χ3v) is 6.72. The number of aromatic nitrogens is 1. The molecular formula is C28H31N5O7. The summed E-state index contributed by atoms with van der Waals surface area (Å²) in [5.74, 6) is -2.83. The second-order valence-electron chi connectivity index (χ2n) is 10.7. The number of aromatic amines is 1. The molecule has 1 aromatic carbocycles. The number of anilines is 2. The Balaban J connectivity index is 1.55. The van der Waals surface area contributed by atoms with Gasteiger partial charge in [0.15, 0.2) is 0 Å². The first-order valence-corrected chi connectivity index (χ1v) is 12.7. The van der Waals surface area contributed by atoms with E-state index in [4.69, 9.17) is 9.47 Å². The van der Waals surface area contributed by atoms with Gasteiger partial charge < -0.3 is 35.1 Å². The van der Waals surface area contributed by atoms with Crippen LogP contribution in [0.5, 0.6) is 0 Å². The van der Waals surface area contributed by atoms with Crippen LogP contribution in [0, 0.1) is 22.7 Å². The van der Waals surface area contributed by atoms with Crippen LogP contribution in [0.25, 0.3) is 5.57 Å². The number of nitrogens with zero attached hydrogens (tertiary/aromatic N) is 2. The highest BCUT2D eigenvalue weighted by Gasteiger charge is 2.57. The maximum absolute atomic E-state index is 13.1. The number of hydrogen-bond acceptors (Lipinski definition) is 9. The Morgan fingerprint density at radius 3 is 2.62 bits per heavy atom. The van der Waals surface area contributed by atoms with Gasteiger partial charge in [-0.2, -0.15) is 5.26 Å². The zero-order valence-electron chi connectivity index (χ0n) is 22.6. The number of nitriles is 1. The molecular weight excluding hydrogens is 518 g/mol. The average Bonchev–Trinajstić information content (AvgIpc) is 3.52. The smallest absolute Gasteiger partial charge is 0.358 e. The number of aliphatic hydroxyl groups excluding tert-OH is 1. The van der Waals surface area contributed by atoms with Gasteiger partial charge in [0, 0.05) is 12.4 Å². The number of aliphatic hydroxyl groups is 1. The Morgan fingerprint density at radius 1 is 1.25 bits per heavy atom. The summed E-state index contributed by atoms with van der Waals surface area (Å²) in [5.41, 5.74) is 1.39. The largest absolute Gasteiger partial charge is 0.427 e. The quantitative estimate of drug-likeness (QED) is 0.208. The lowest BCUT2D eigenvalue weighted by molar-refractivity contribution is -0.175. The minimum atomic E-state index is -0.920. The van der Waals surface area contributed by atoms with E-state index in [1.54, 1.807) is 57.4 Å². The molecule has 0 bridgehead atoms. The number of benzene rings is 1. The minimum Gasteiger partial charge on any atom is -0.427 e. The number of nitrogens with one attached hydrogen (secondary N) is 3. The fourth-order valence-corrected chi connectivity index (χ4v) is 4.70. The van der Waals surface area contributed by atoms with Crippen molar-refractivity contribution in [2.45, 2.75) is 46.3 Å². The van der Waals surface area contributed by atoms with Crippen LogP contribution in [0.15, 0.2) is 42.4 Å². The Kier molecular flexibility index (Phi) is 7.97. The van der Waals surface area contributed by atoms with E-state index < -0.39 is 48.1 Å². The van der Waals surface area contributed by atoms with Crippen molar-refractivity contribution in [2.24, 2.45) is 11.3 Å². The van der Waals surface area contributed by atoms with Gasteiger partial charge in [-0.3, -0.25) is 14.4 Å². The molecule has 40 heavy (non-hydrogen) atoms. The lowest BCUT2D eigenvalue weighted by Crippen LogP contribution is -2.61. The van der Waals surface area contributed by atoms with Gasteiger partial charge in [0.05, 0.1) is 47.0 Å². The van der Waals surface area contributed by atoms with Gasteiger partial charge in [-0.1, -0.05) is 6.07 Å². The average molecular weight is 550 g/mol. The third-order valence-electron chi connectivity index (χ3n) is 6.72. The van der Waals surface area contributed by atoms with E-state index in [0.717, 1.165) is 0 Å². The predicted molar refractivity (Wildman–Crippen MR) is 143 cm³/mol. The monoisotopic (exact) mass is 549 g/mol. The van der Waals surface area contributed by atoms with Gasteiger partial charge in [0.25, 0.3) is 0 Å². The van der Waals surface area contributed by atoms with Gasteiger partial charge >= 0.3 is 11.9 Å². The Morgan fingerprint density at radius 2 is 2.00 bits per heavy atom. The molecule has 0 unspecified atom stereocenters. The molecule has 1 aromatic heterocycles. The number of rotatable bonds is 9. The van der Waals surface area contributed by atoms with Crippen LogP contribution in [-0.4, -0.2) is 64.2 Å². The molecule has 1 fully saturated rings. The molecule has 2 amide bonds. The minimum absolute atomic E-state index is 0.0193. The number of hydrogen-bond donors (Lipinski definition) is 4. The van der Waals surface area contributed by atoms with E-state index in [0.29, 0.717) is 22.5 Å². The van der Waals surface area contributed by atoms with Crippen LogP contribution in [0.1, 0.15) is 45.2 Å². The van der Waals surface area contributed by atoms with E-state index >= 15 is 0 Å². The molecule has 12 nitrogen and oxygen atoms in total. The summed E-state index contributed by atoms with van der Waals surface area (Å²) in [4.78, 5) is 54.4. The number of fused-ring (bicyclic) bond motifs is 1. The topological polar surface area (TPSA) is 174 Å². The molecule has 210 valence electrons. The highest BCUT2D eigenvalue weighted by atomic mass is 16.7. The van der Waals surface area contributed by atoms with Gasteiger partial charge in [0.1, 0.15) is 11.8 Å². The van der Waals surface area contributed by atoms with E-state index in [2.05, 4.69) is 21.7 Å². The standard InChI is InChI=1S/C28H31N5O7/c1-15(34)23-21-10-19(24(33(21)25(23)36)26(37)39-14-40-27(38)28(2,3)4)16-5-6-20(17(9-16)11-29)31-13-22(35)32-18-7-8-30-12-18/h5-9,12,15,21,23,30-31,34H,10,13-14H2,1-4H3,(H,32,35)/t15-,21-,23-/m1/s1. The van der Waals surface area contributed by atoms with Crippen LogP contribution in [-0.2, 0) is 28.7 Å². The molecule has 0 aliphatic carbocycles. The molecule has 4 N–H and O–H groups in total. The number of carbonyl (C=O) groups is 4. The summed E-state index contributed by atoms with van der Waals surface area (Å²) in [7, 11) is 0. The summed E-state index contributed by atoms with van der Waals surface area (Å²) in [5, 5.41) is 25.6. The second kappa shape index (κ2) is 11.2. The first-order valence-electron chi connectivity index (χ1n) is 12.7. The summed E-state index contributed by atoms with van der Waals surface area (Å²) in [6, 6.07) is 8.18. The van der Waals surface area contributed by atoms with E-state index in [1.807, 2.05) is 0 Å². The maximum atomic E-state index is 13.1. The Bertz CT molecular complexity index is 1400. The summed E-state index contributed by atoms with van der Waals surface area (Å²) in [6.07, 6.45) is 2.65. The molecule has 0 spiro atoms. The highest BCUT2D eigenvalue weighted by Crippen LogP contribution is 2.47. The van der Waals surface area contributed by atoms with E-state index in [1.165, 1.54) is 11.8 Å². The van der Waals surface area contributed by atoms with Crippen LogP contribution in [0.3, 0.4) is 0 Å². The van der Waals surface area contributed by atoms with E-state index in [-0.39, 0.29) is 30.1 Å². The van der Waals surface area contributed by atoms with Crippen molar-refractivity contribution in [3.8, 4) is 6.07 Å². The number of carbonyl (C=O) groups excluding carboxylic acids is 4. The number of β-lactam (4-membered cyclic amide) rings is 1. The summed E-state index contributed by atoms with van der Waals surface area (Å²) >= 11 is 0. The van der Waals surface area contributed by atoms with Crippen molar-refractivity contribution in [3.63, 3.8) is 0 Å². The van der Waals surface area contributed by atoms with Crippen LogP contribution >= 0.6 is 0 Å². The third kappa shape index (κ3) is 5.69. The molecule has 3 atom stereocenters. The van der Waals surface area contributed by atoms with Crippen LogP contribution in [0.2, 0.25) is 0 Å². The second-order valence-corrected chi connectivity index (χ2v) is 10.7. The molecule has 0 saturated carbocycles. The maximum Gasteiger partial charge on any atom is 0.358 e. The first-order chi connectivity index (χ1) is 18.9. The lowest BCUT2D eigenvalue weighted by Gasteiger charge is -2.44. The van der Waals surface area contributed by atoms with Crippen molar-refractivity contribution >= 4 is 40.7 Å². The molecule has 2 aromatic rings. The van der Waals surface area contributed by atoms with Gasteiger partial charge in [0.2, 0.25) is 18.6 Å². The molecule has 1 saturated heterocycles. The van der Waals surface area contributed by atoms with Gasteiger partial charge in [-0.05, 0) is 63.5 Å². The molecule has 4 rings (SSSR count). The molecule has 3 heterocycles. The molecule has 12 heteroatoms. The van der Waals surface area contributed by atoms with Crippen molar-refractivity contribution in [1.29, 1.82) is 5.26 Å². The fraction of sp³-hybridized carbons (Fsp3) is 0.393. The van der Waals surface area contributed by atoms with Crippen molar-refractivity contribution in [1.82, 2.24) is 9.88 Å². The zero-order chi connectivity index (χ0) is 29.2. The van der Waals surface area contributed by atoms with Crippen molar-refractivity contribution < 1.29 is 33.8 Å². The van der Waals surface area contributed by atoms with E-state index in [9.17, 15) is 29.5 Å². The Labute approximate surface area is 230 Å². The number of H-pyrrole nitrogens is 1. The van der Waals surface area contributed by atoms with Crippen LogP contribution in [0.4, 0.5) is 11.4 Å². The molecule has 0 radical (unpaired) electrons. The van der Waals surface area contributed by atoms with Crippen molar-refractivity contribution in [3.05, 3.63) is 53.5 Å². The Hall–Kier alpha value is -4.63. The molecule has 2 aliphatic rings. The van der Waals surface area contributed by atoms with Gasteiger partial charge in [-0.15, -0.1) is 0 Å². The zero-order valence-corrected chi connectivity index (χ0v) is 22.6. The predicted octanol–water partition coefficient (Wildman–Crippen LogP) is 2.35. The number of esters is 2. The fourth-order valence-electron chi connectivity index (χ4n) is 4.70. The SMILES string of the molecule is C[C@@H](O)[C@H]1C(=O)N2C(C(=O)OCOC(=O)C(C)(C)C)=C(c3ccc(NCC(=O)Nc4cc[nH]c4)c(C#N)c3)C[C@H]12. The summed E-state index contributed by atoms with van der Waals surface area (Å²) in [6.45, 7) is 5.78. The lowest BCUT2D eigenvalue weighted by atomic mass is 9.82. The normalized spacial score (nSPS) is 18.8. The summed E-state index contributed by atoms with van der Waals surface area (Å²) < 4.78 is 10.2. The number of ether oxygens (including phenoxy) is 2. The van der Waals surface area contributed by atoms with Gasteiger partial charge in [-0.25, -0.2) is 4.79 Å². The van der Waals surface area contributed by atoms with Crippen LogP contribution < -0.4 is 10.6 Å². The first kappa shape index (κ1) is 28.4. The van der Waals surface area contributed by atoms with Crippen molar-refractivity contribution in [2.75, 3.05) is 24.0 Å². The molecule has 2 aliphatic heterocycles.